The van der Waals surface area contributed by atoms with Crippen LogP contribution in [0.1, 0.15) is 29.6 Å². The minimum atomic E-state index is -3.56. The van der Waals surface area contributed by atoms with Gasteiger partial charge in [0.25, 0.3) is 5.91 Å². The highest BCUT2D eigenvalue weighted by molar-refractivity contribution is 7.89. The van der Waals surface area contributed by atoms with Crippen LogP contribution in [0.25, 0.3) is 0 Å². The number of rotatable bonds is 8. The molecule has 0 aliphatic carbocycles. The molecule has 3 rings (SSSR count). The van der Waals surface area contributed by atoms with Crippen molar-refractivity contribution in [3.63, 3.8) is 0 Å². The molecule has 9 heteroatoms. The third-order valence-electron chi connectivity index (χ3n) is 4.85. The van der Waals surface area contributed by atoms with Crippen molar-refractivity contribution in [3.05, 3.63) is 60.4 Å². The van der Waals surface area contributed by atoms with Crippen molar-refractivity contribution in [2.75, 3.05) is 13.2 Å². The summed E-state index contributed by atoms with van der Waals surface area (Å²) in [6.07, 6.45) is 4.10. The Hall–Kier alpha value is -2.33. The van der Waals surface area contributed by atoms with Crippen LogP contribution in [-0.2, 0) is 14.8 Å². The van der Waals surface area contributed by atoms with E-state index < -0.39 is 16.1 Å². The Morgan fingerprint density at radius 2 is 1.97 bits per heavy atom. The van der Waals surface area contributed by atoms with E-state index in [-0.39, 0.29) is 36.1 Å². The van der Waals surface area contributed by atoms with Crippen LogP contribution in [0.15, 0.2) is 59.8 Å². The molecule has 156 valence electrons. The maximum absolute atomic E-state index is 12.3. The number of aromatic nitrogens is 1. The molecule has 3 atom stereocenters. The summed E-state index contributed by atoms with van der Waals surface area (Å²) in [5, 5.41) is 12.5. The molecule has 1 fully saturated rings. The first-order valence-corrected chi connectivity index (χ1v) is 11.0. The lowest BCUT2D eigenvalue weighted by Crippen LogP contribution is -2.51. The van der Waals surface area contributed by atoms with Crippen molar-refractivity contribution in [2.24, 2.45) is 0 Å². The van der Waals surface area contributed by atoms with Crippen molar-refractivity contribution in [1.29, 1.82) is 0 Å². The van der Waals surface area contributed by atoms with Crippen LogP contribution in [0.4, 0.5) is 0 Å². The molecule has 0 saturated carbocycles. The number of aliphatic hydroxyl groups excluding tert-OH is 1. The highest BCUT2D eigenvalue weighted by Crippen LogP contribution is 2.22. The molecule has 2 heterocycles. The van der Waals surface area contributed by atoms with E-state index in [0.29, 0.717) is 24.8 Å². The van der Waals surface area contributed by atoms with Crippen LogP contribution < -0.4 is 10.0 Å². The van der Waals surface area contributed by atoms with Crippen molar-refractivity contribution in [2.45, 2.75) is 42.4 Å². The molecule has 1 aromatic carbocycles. The van der Waals surface area contributed by atoms with Crippen molar-refractivity contribution in [1.82, 2.24) is 15.0 Å². The first-order valence-electron chi connectivity index (χ1n) is 9.51. The summed E-state index contributed by atoms with van der Waals surface area (Å²) in [7, 11) is -3.56. The minimum absolute atomic E-state index is 0.197. The van der Waals surface area contributed by atoms with Gasteiger partial charge >= 0.3 is 0 Å². The highest BCUT2D eigenvalue weighted by Gasteiger charge is 2.32. The Labute approximate surface area is 170 Å². The average molecular weight is 420 g/mol. The van der Waals surface area contributed by atoms with E-state index in [4.69, 9.17) is 4.74 Å². The summed E-state index contributed by atoms with van der Waals surface area (Å²) in [4.78, 5) is 16.5. The molecule has 0 spiro atoms. The predicted molar refractivity (Wildman–Crippen MR) is 107 cm³/mol. The second-order valence-corrected chi connectivity index (χ2v) is 8.64. The fourth-order valence-corrected chi connectivity index (χ4v) is 4.36. The third kappa shape index (κ3) is 5.83. The van der Waals surface area contributed by atoms with E-state index in [2.05, 4.69) is 15.0 Å². The zero-order valence-electron chi connectivity index (χ0n) is 15.9. The Morgan fingerprint density at radius 1 is 1.17 bits per heavy atom. The van der Waals surface area contributed by atoms with E-state index in [1.807, 2.05) is 0 Å². The van der Waals surface area contributed by atoms with Gasteiger partial charge in [0.15, 0.2) is 0 Å². The number of carbonyl (C=O) groups excluding carboxylic acids is 1. The smallest absolute Gasteiger partial charge is 0.253 e. The van der Waals surface area contributed by atoms with E-state index in [1.165, 1.54) is 18.3 Å². The number of nitrogens with one attached hydrogen (secondary N) is 2. The molecule has 0 bridgehead atoms. The monoisotopic (exact) mass is 419 g/mol. The lowest BCUT2D eigenvalue weighted by Gasteiger charge is -2.36. The van der Waals surface area contributed by atoms with Crippen molar-refractivity contribution in [3.8, 4) is 0 Å². The normalized spacial score (nSPS) is 22.2. The Bertz CT molecular complexity index is 893. The van der Waals surface area contributed by atoms with E-state index >= 15 is 0 Å². The van der Waals surface area contributed by atoms with Gasteiger partial charge in [-0.2, -0.15) is 0 Å². The molecule has 0 radical (unpaired) electrons. The first kappa shape index (κ1) is 21.4. The van der Waals surface area contributed by atoms with Crippen molar-refractivity contribution >= 4 is 15.9 Å². The number of nitrogens with zero attached hydrogens (tertiary/aromatic N) is 1. The van der Waals surface area contributed by atoms with E-state index in [1.54, 1.807) is 36.5 Å². The van der Waals surface area contributed by atoms with Crippen LogP contribution in [0.3, 0.4) is 0 Å². The van der Waals surface area contributed by atoms with Gasteiger partial charge in [0, 0.05) is 18.9 Å². The SMILES string of the molecule is O=C(N[C@H]1CC[C@@H](CCNS(=O)(=O)c2ccccc2)O[C@H]1CO)c1cccnc1. The highest BCUT2D eigenvalue weighted by atomic mass is 32.2. The number of aliphatic hydroxyl groups is 1. The van der Waals surface area contributed by atoms with Gasteiger partial charge in [0.1, 0.15) is 6.10 Å². The average Bonchev–Trinajstić information content (AvgIpc) is 2.75. The van der Waals surface area contributed by atoms with Gasteiger partial charge in [0.05, 0.1) is 29.2 Å². The maximum Gasteiger partial charge on any atom is 0.253 e. The molecular weight excluding hydrogens is 394 g/mol. The molecule has 1 aliphatic heterocycles. The fraction of sp³-hybridized carbons (Fsp3) is 0.400. The quantitative estimate of drug-likeness (QED) is 0.590. The number of hydrogen-bond donors (Lipinski definition) is 3. The molecule has 29 heavy (non-hydrogen) atoms. The number of sulfonamides is 1. The van der Waals surface area contributed by atoms with E-state index in [9.17, 15) is 18.3 Å². The van der Waals surface area contributed by atoms with Gasteiger partial charge in [-0.05, 0) is 43.5 Å². The molecule has 1 saturated heterocycles. The largest absolute Gasteiger partial charge is 0.394 e. The molecule has 1 aromatic heterocycles. The second-order valence-electron chi connectivity index (χ2n) is 6.88. The number of hydrogen-bond acceptors (Lipinski definition) is 6. The Morgan fingerprint density at radius 3 is 2.66 bits per heavy atom. The lowest BCUT2D eigenvalue weighted by atomic mass is 9.97. The van der Waals surface area contributed by atoms with Gasteiger partial charge in [-0.15, -0.1) is 0 Å². The summed E-state index contributed by atoms with van der Waals surface area (Å²) in [5.41, 5.74) is 0.446. The number of ether oxygens (including phenoxy) is 1. The second kappa shape index (κ2) is 9.93. The zero-order valence-corrected chi connectivity index (χ0v) is 16.7. The van der Waals surface area contributed by atoms with Crippen LogP contribution in [-0.4, -0.2) is 55.8 Å². The molecular formula is C20H25N3O5S. The predicted octanol–water partition coefficient (Wildman–Crippen LogP) is 1.09. The Balaban J connectivity index is 1.49. The molecule has 2 aromatic rings. The fourth-order valence-electron chi connectivity index (χ4n) is 3.30. The number of pyridine rings is 1. The maximum atomic E-state index is 12.3. The molecule has 1 amide bonds. The molecule has 8 nitrogen and oxygen atoms in total. The molecule has 1 aliphatic rings. The standard InChI is InChI=1S/C20H25N3O5S/c24-14-19-18(23-20(25)15-5-4-11-21-13-15)9-8-16(28-19)10-12-22-29(26,27)17-6-2-1-3-7-17/h1-7,11,13,16,18-19,22,24H,8-10,12,14H2,(H,23,25)/t16-,18-,19-/m0/s1. The van der Waals surface area contributed by atoms with Gasteiger partial charge in [-0.25, -0.2) is 13.1 Å². The topological polar surface area (TPSA) is 118 Å². The summed E-state index contributed by atoms with van der Waals surface area (Å²) in [6.45, 7) is -0.00299. The summed E-state index contributed by atoms with van der Waals surface area (Å²) < 4.78 is 33.0. The number of amides is 1. The minimum Gasteiger partial charge on any atom is -0.394 e. The van der Waals surface area contributed by atoms with Gasteiger partial charge in [-0.1, -0.05) is 18.2 Å². The molecule has 0 unspecified atom stereocenters. The van der Waals surface area contributed by atoms with E-state index in [0.717, 1.165) is 0 Å². The first-order chi connectivity index (χ1) is 14.0. The van der Waals surface area contributed by atoms with Gasteiger partial charge < -0.3 is 15.2 Å². The molecule has 3 N–H and O–H groups in total. The summed E-state index contributed by atoms with van der Waals surface area (Å²) in [6, 6.07) is 11.2. The van der Waals surface area contributed by atoms with Crippen LogP contribution in [0, 0.1) is 0 Å². The van der Waals surface area contributed by atoms with Gasteiger partial charge in [0.2, 0.25) is 10.0 Å². The summed E-state index contributed by atoms with van der Waals surface area (Å²) >= 11 is 0. The van der Waals surface area contributed by atoms with Crippen LogP contribution in [0.2, 0.25) is 0 Å². The lowest BCUT2D eigenvalue weighted by molar-refractivity contribution is -0.0891. The number of benzene rings is 1. The number of carbonyl (C=O) groups is 1. The zero-order chi connectivity index (χ0) is 20.7. The van der Waals surface area contributed by atoms with Crippen LogP contribution in [0.5, 0.6) is 0 Å². The van der Waals surface area contributed by atoms with Crippen LogP contribution >= 0.6 is 0 Å². The third-order valence-corrected chi connectivity index (χ3v) is 6.32. The van der Waals surface area contributed by atoms with Crippen molar-refractivity contribution < 1.29 is 23.1 Å². The van der Waals surface area contributed by atoms with Gasteiger partial charge in [-0.3, -0.25) is 9.78 Å². The Kier molecular flexibility index (Phi) is 7.32. The summed E-state index contributed by atoms with van der Waals surface area (Å²) in [5.74, 6) is -0.265.